The summed E-state index contributed by atoms with van der Waals surface area (Å²) in [5.41, 5.74) is 10.3. The zero-order chi connectivity index (χ0) is 13.8. The fourth-order valence-corrected chi connectivity index (χ4v) is 3.09. The Morgan fingerprint density at radius 1 is 1.16 bits per heavy atom. The molecular weight excluding hydrogens is 232 g/mol. The highest BCUT2D eigenvalue weighted by molar-refractivity contribution is 5.30. The maximum absolute atomic E-state index is 5.98. The first-order valence-corrected chi connectivity index (χ1v) is 7.58. The second-order valence-corrected chi connectivity index (χ2v) is 6.23. The van der Waals surface area contributed by atoms with Gasteiger partial charge in [-0.05, 0) is 64.1 Å². The average molecular weight is 260 g/mol. The van der Waals surface area contributed by atoms with E-state index in [1.807, 2.05) is 0 Å². The van der Waals surface area contributed by atoms with Crippen LogP contribution < -0.4 is 5.73 Å². The highest BCUT2D eigenvalue weighted by Crippen LogP contribution is 2.21. The van der Waals surface area contributed by atoms with Crippen molar-refractivity contribution >= 4 is 0 Å². The molecule has 2 nitrogen and oxygen atoms in total. The summed E-state index contributed by atoms with van der Waals surface area (Å²) < 4.78 is 0. The molecule has 0 aliphatic heterocycles. The highest BCUT2D eigenvalue weighted by atomic mass is 15.1. The fourth-order valence-electron chi connectivity index (χ4n) is 3.09. The molecule has 0 radical (unpaired) electrons. The molecule has 1 saturated carbocycles. The van der Waals surface area contributed by atoms with Crippen molar-refractivity contribution in [2.45, 2.75) is 58.0 Å². The Bertz CT molecular complexity index is 406. The predicted molar refractivity (Wildman–Crippen MR) is 82.5 cm³/mol. The molecule has 1 aromatic carbocycles. The number of hydrogen-bond donors (Lipinski definition) is 1. The van der Waals surface area contributed by atoms with E-state index in [0.717, 1.165) is 19.0 Å². The van der Waals surface area contributed by atoms with Crippen LogP contribution in [0.15, 0.2) is 18.2 Å². The van der Waals surface area contributed by atoms with Crippen molar-refractivity contribution in [1.82, 2.24) is 4.90 Å². The van der Waals surface area contributed by atoms with Gasteiger partial charge in [-0.3, -0.25) is 0 Å². The minimum Gasteiger partial charge on any atom is -0.328 e. The first-order valence-electron chi connectivity index (χ1n) is 7.58. The van der Waals surface area contributed by atoms with Gasteiger partial charge >= 0.3 is 0 Å². The van der Waals surface area contributed by atoms with Crippen molar-refractivity contribution in [2.75, 3.05) is 13.6 Å². The molecule has 0 unspecified atom stereocenters. The summed E-state index contributed by atoms with van der Waals surface area (Å²) in [7, 11) is 2.27. The Kier molecular flexibility index (Phi) is 5.00. The zero-order valence-corrected chi connectivity index (χ0v) is 12.7. The molecule has 0 aromatic heterocycles. The van der Waals surface area contributed by atoms with Gasteiger partial charge in [0, 0.05) is 18.6 Å². The normalized spacial score (nSPS) is 23.8. The summed E-state index contributed by atoms with van der Waals surface area (Å²) >= 11 is 0. The number of nitrogens with zero attached hydrogens (tertiary/aromatic N) is 1. The number of likely N-dealkylation sites (N-methyl/N-ethyl adjacent to an activating group) is 1. The third-order valence-corrected chi connectivity index (χ3v) is 4.60. The maximum Gasteiger partial charge on any atom is 0.00934 e. The lowest BCUT2D eigenvalue weighted by Crippen LogP contribution is -2.39. The van der Waals surface area contributed by atoms with E-state index in [4.69, 9.17) is 5.73 Å². The van der Waals surface area contributed by atoms with E-state index in [0.29, 0.717) is 6.04 Å². The van der Waals surface area contributed by atoms with Crippen LogP contribution in [0, 0.1) is 13.8 Å². The van der Waals surface area contributed by atoms with Crippen LogP contribution in [-0.2, 0) is 6.42 Å². The van der Waals surface area contributed by atoms with Crippen molar-refractivity contribution < 1.29 is 0 Å². The molecule has 0 atom stereocenters. The highest BCUT2D eigenvalue weighted by Gasteiger charge is 2.21. The summed E-state index contributed by atoms with van der Waals surface area (Å²) in [6, 6.07) is 7.96. The summed E-state index contributed by atoms with van der Waals surface area (Å²) in [6.07, 6.45) is 6.08. The third-order valence-electron chi connectivity index (χ3n) is 4.60. The molecular formula is C17H28N2. The summed E-state index contributed by atoms with van der Waals surface area (Å²) in [5, 5.41) is 0. The second kappa shape index (κ2) is 6.53. The lowest BCUT2D eigenvalue weighted by Gasteiger charge is -2.33. The van der Waals surface area contributed by atoms with Crippen molar-refractivity contribution in [2.24, 2.45) is 5.73 Å². The zero-order valence-electron chi connectivity index (χ0n) is 12.7. The van der Waals surface area contributed by atoms with E-state index in [1.54, 1.807) is 0 Å². The van der Waals surface area contributed by atoms with Gasteiger partial charge in [-0.15, -0.1) is 0 Å². The van der Waals surface area contributed by atoms with E-state index >= 15 is 0 Å². The molecule has 1 aromatic rings. The van der Waals surface area contributed by atoms with Crippen LogP contribution in [0.1, 0.15) is 42.4 Å². The summed E-state index contributed by atoms with van der Waals surface area (Å²) in [5.74, 6) is 0. The fraction of sp³-hybridized carbons (Fsp3) is 0.647. The standard InChI is InChI=1S/C17H28N2/c1-13-4-5-14(2)15(12-13)10-11-19(3)17-8-6-16(18)7-9-17/h4-5,12,16-17H,6-11,18H2,1-3H3. The molecule has 1 aliphatic carbocycles. The predicted octanol–water partition coefficient (Wildman–Crippen LogP) is 3.05. The van der Waals surface area contributed by atoms with Crippen molar-refractivity contribution in [3.63, 3.8) is 0 Å². The van der Waals surface area contributed by atoms with Gasteiger partial charge in [0.1, 0.15) is 0 Å². The molecule has 0 spiro atoms. The molecule has 0 heterocycles. The van der Waals surface area contributed by atoms with Crippen LogP contribution in [0.3, 0.4) is 0 Å². The van der Waals surface area contributed by atoms with Gasteiger partial charge in [-0.2, -0.15) is 0 Å². The average Bonchev–Trinajstić information content (AvgIpc) is 2.40. The van der Waals surface area contributed by atoms with Crippen molar-refractivity contribution in [1.29, 1.82) is 0 Å². The van der Waals surface area contributed by atoms with Gasteiger partial charge in [0.25, 0.3) is 0 Å². The molecule has 1 fully saturated rings. The van der Waals surface area contributed by atoms with Gasteiger partial charge in [0.05, 0.1) is 0 Å². The molecule has 0 amide bonds. The van der Waals surface area contributed by atoms with Gasteiger partial charge in [0.2, 0.25) is 0 Å². The summed E-state index contributed by atoms with van der Waals surface area (Å²) in [4.78, 5) is 2.54. The Hall–Kier alpha value is -0.860. The topological polar surface area (TPSA) is 29.3 Å². The van der Waals surface area contributed by atoms with Gasteiger partial charge < -0.3 is 10.6 Å². The van der Waals surface area contributed by atoms with E-state index in [9.17, 15) is 0 Å². The second-order valence-electron chi connectivity index (χ2n) is 6.23. The molecule has 0 bridgehead atoms. The molecule has 1 aliphatic rings. The molecule has 106 valence electrons. The number of rotatable bonds is 4. The minimum absolute atomic E-state index is 0.448. The van der Waals surface area contributed by atoms with Crippen LogP contribution in [-0.4, -0.2) is 30.6 Å². The minimum atomic E-state index is 0.448. The third kappa shape index (κ3) is 4.05. The number of nitrogens with two attached hydrogens (primary N) is 1. The van der Waals surface area contributed by atoms with Crippen LogP contribution in [0.2, 0.25) is 0 Å². The lowest BCUT2D eigenvalue weighted by atomic mass is 9.91. The van der Waals surface area contributed by atoms with E-state index in [2.05, 4.69) is 44.0 Å². The van der Waals surface area contributed by atoms with Crippen LogP contribution in [0.5, 0.6) is 0 Å². The Labute approximate surface area is 118 Å². The quantitative estimate of drug-likeness (QED) is 0.901. The molecule has 2 N–H and O–H groups in total. The largest absolute Gasteiger partial charge is 0.328 e. The molecule has 2 rings (SSSR count). The van der Waals surface area contributed by atoms with Gasteiger partial charge in [-0.1, -0.05) is 23.8 Å². The Balaban J connectivity index is 1.86. The lowest BCUT2D eigenvalue weighted by molar-refractivity contribution is 0.185. The molecule has 2 heteroatoms. The van der Waals surface area contributed by atoms with E-state index < -0.39 is 0 Å². The number of aryl methyl sites for hydroxylation is 2. The maximum atomic E-state index is 5.98. The molecule has 19 heavy (non-hydrogen) atoms. The van der Waals surface area contributed by atoms with Crippen LogP contribution >= 0.6 is 0 Å². The monoisotopic (exact) mass is 260 g/mol. The Morgan fingerprint density at radius 3 is 2.53 bits per heavy atom. The number of hydrogen-bond acceptors (Lipinski definition) is 2. The van der Waals surface area contributed by atoms with Crippen LogP contribution in [0.25, 0.3) is 0 Å². The van der Waals surface area contributed by atoms with E-state index in [-0.39, 0.29) is 0 Å². The smallest absolute Gasteiger partial charge is 0.00934 e. The summed E-state index contributed by atoms with van der Waals surface area (Å²) in [6.45, 7) is 5.55. The van der Waals surface area contributed by atoms with Crippen LogP contribution in [0.4, 0.5) is 0 Å². The first-order chi connectivity index (χ1) is 9.06. The Morgan fingerprint density at radius 2 is 1.84 bits per heavy atom. The van der Waals surface area contributed by atoms with Crippen molar-refractivity contribution in [3.8, 4) is 0 Å². The SMILES string of the molecule is Cc1ccc(C)c(CCN(C)C2CCC(N)CC2)c1. The van der Waals surface area contributed by atoms with Gasteiger partial charge in [0.15, 0.2) is 0 Å². The number of benzene rings is 1. The van der Waals surface area contributed by atoms with Gasteiger partial charge in [-0.25, -0.2) is 0 Å². The molecule has 0 saturated heterocycles. The van der Waals surface area contributed by atoms with E-state index in [1.165, 1.54) is 42.4 Å². The van der Waals surface area contributed by atoms with Crippen molar-refractivity contribution in [3.05, 3.63) is 34.9 Å². The first kappa shape index (κ1) is 14.5.